The van der Waals surface area contributed by atoms with E-state index in [2.05, 4.69) is 6.07 Å². The summed E-state index contributed by atoms with van der Waals surface area (Å²) in [6.07, 6.45) is 1.72. The second kappa shape index (κ2) is 10.3. The molecule has 156 valence electrons. The minimum Gasteiger partial charge on any atom is -0.493 e. The molecule has 0 fully saturated rings. The molecule has 0 radical (unpaired) electrons. The van der Waals surface area contributed by atoms with Gasteiger partial charge in [0.05, 0.1) is 18.8 Å². The standard InChI is InChI=1S/C25H20ClNO4/c1-17-3-10-22(11-4-17)30-16-25(28)31-23-12-5-18(14-24(23)29-2)13-20(15-27)19-6-8-21(26)9-7-19/h3-14H,16H2,1-2H3. The van der Waals surface area contributed by atoms with Crippen LogP contribution in [0.25, 0.3) is 11.6 Å². The Morgan fingerprint density at radius 2 is 1.74 bits per heavy atom. The summed E-state index contributed by atoms with van der Waals surface area (Å²) in [7, 11) is 1.48. The van der Waals surface area contributed by atoms with E-state index < -0.39 is 5.97 Å². The van der Waals surface area contributed by atoms with E-state index in [0.717, 1.165) is 16.7 Å². The Kier molecular flexibility index (Phi) is 7.31. The highest BCUT2D eigenvalue weighted by molar-refractivity contribution is 6.30. The highest BCUT2D eigenvalue weighted by atomic mass is 35.5. The number of hydrogen-bond acceptors (Lipinski definition) is 5. The molecule has 0 aliphatic rings. The van der Waals surface area contributed by atoms with E-state index >= 15 is 0 Å². The Balaban J connectivity index is 1.71. The van der Waals surface area contributed by atoms with Gasteiger partial charge in [-0.15, -0.1) is 0 Å². The first-order chi connectivity index (χ1) is 15.0. The number of benzene rings is 3. The smallest absolute Gasteiger partial charge is 0.349 e. The average molecular weight is 434 g/mol. The predicted octanol–water partition coefficient (Wildman–Crippen LogP) is 5.71. The predicted molar refractivity (Wildman–Crippen MR) is 120 cm³/mol. The fourth-order valence-corrected chi connectivity index (χ4v) is 2.89. The minimum atomic E-state index is -0.555. The van der Waals surface area contributed by atoms with Crippen LogP contribution in [0, 0.1) is 18.3 Å². The van der Waals surface area contributed by atoms with Crippen molar-refractivity contribution in [3.05, 3.63) is 88.4 Å². The van der Waals surface area contributed by atoms with Crippen LogP contribution in [0.1, 0.15) is 16.7 Å². The zero-order valence-corrected chi connectivity index (χ0v) is 17.8. The van der Waals surface area contributed by atoms with Crippen LogP contribution in [0.2, 0.25) is 5.02 Å². The van der Waals surface area contributed by atoms with Crippen molar-refractivity contribution < 1.29 is 19.0 Å². The van der Waals surface area contributed by atoms with E-state index in [9.17, 15) is 10.1 Å². The van der Waals surface area contributed by atoms with Crippen LogP contribution in [0.3, 0.4) is 0 Å². The molecule has 0 saturated heterocycles. The number of halogens is 1. The van der Waals surface area contributed by atoms with Gasteiger partial charge in [0.15, 0.2) is 18.1 Å². The van der Waals surface area contributed by atoms with Gasteiger partial charge < -0.3 is 14.2 Å². The third-order valence-electron chi connectivity index (χ3n) is 4.38. The molecule has 0 heterocycles. The van der Waals surface area contributed by atoms with E-state index in [1.807, 2.05) is 19.1 Å². The monoisotopic (exact) mass is 433 g/mol. The van der Waals surface area contributed by atoms with Gasteiger partial charge in [-0.05, 0) is 60.5 Å². The second-order valence-corrected chi connectivity index (χ2v) is 7.10. The maximum atomic E-state index is 12.2. The normalized spacial score (nSPS) is 10.8. The molecule has 5 nitrogen and oxygen atoms in total. The first-order valence-electron chi connectivity index (χ1n) is 9.44. The molecule has 0 aliphatic heterocycles. The summed E-state index contributed by atoms with van der Waals surface area (Å²) in [5.41, 5.74) is 3.04. The summed E-state index contributed by atoms with van der Waals surface area (Å²) in [4.78, 5) is 12.2. The SMILES string of the molecule is COc1cc(C=C(C#N)c2ccc(Cl)cc2)ccc1OC(=O)COc1ccc(C)cc1. The average Bonchev–Trinajstić information content (AvgIpc) is 2.78. The minimum absolute atomic E-state index is 0.233. The van der Waals surface area contributed by atoms with E-state index in [4.69, 9.17) is 25.8 Å². The molecule has 6 heteroatoms. The number of aryl methyl sites for hydroxylation is 1. The van der Waals surface area contributed by atoms with Crippen LogP contribution in [0.5, 0.6) is 17.2 Å². The summed E-state index contributed by atoms with van der Waals surface area (Å²) in [6, 6.07) is 21.6. The molecule has 0 aromatic heterocycles. The van der Waals surface area contributed by atoms with Crippen molar-refractivity contribution in [3.8, 4) is 23.3 Å². The molecule has 0 unspecified atom stereocenters. The van der Waals surface area contributed by atoms with E-state index in [-0.39, 0.29) is 12.4 Å². The number of esters is 1. The van der Waals surface area contributed by atoms with Gasteiger partial charge in [0.25, 0.3) is 0 Å². The lowest BCUT2D eigenvalue weighted by Crippen LogP contribution is -2.18. The second-order valence-electron chi connectivity index (χ2n) is 6.66. The number of carbonyl (C=O) groups excluding carboxylic acids is 1. The van der Waals surface area contributed by atoms with E-state index in [1.54, 1.807) is 60.7 Å². The van der Waals surface area contributed by atoms with Crippen LogP contribution in [-0.2, 0) is 4.79 Å². The van der Waals surface area contributed by atoms with Crippen LogP contribution in [0.4, 0.5) is 0 Å². The number of hydrogen-bond donors (Lipinski definition) is 0. The Morgan fingerprint density at radius 3 is 2.39 bits per heavy atom. The van der Waals surface area contributed by atoms with Gasteiger partial charge in [-0.2, -0.15) is 5.26 Å². The molecule has 3 aromatic rings. The molecule has 0 amide bonds. The number of nitrogens with zero attached hydrogens (tertiary/aromatic N) is 1. The molecule has 0 bridgehead atoms. The van der Waals surface area contributed by atoms with Gasteiger partial charge in [0.1, 0.15) is 5.75 Å². The summed E-state index contributed by atoms with van der Waals surface area (Å²) >= 11 is 5.91. The number of nitriles is 1. The van der Waals surface area contributed by atoms with Gasteiger partial charge in [-0.1, -0.05) is 47.5 Å². The summed E-state index contributed by atoms with van der Waals surface area (Å²) in [5, 5.41) is 10.1. The lowest BCUT2D eigenvalue weighted by molar-refractivity contribution is -0.136. The van der Waals surface area contributed by atoms with Crippen molar-refractivity contribution >= 4 is 29.2 Å². The van der Waals surface area contributed by atoms with Gasteiger partial charge >= 0.3 is 5.97 Å². The Hall–Kier alpha value is -3.75. The fraction of sp³-hybridized carbons (Fsp3) is 0.120. The van der Waals surface area contributed by atoms with Gasteiger partial charge in [-0.25, -0.2) is 4.79 Å². The van der Waals surface area contributed by atoms with Crippen molar-refractivity contribution in [1.29, 1.82) is 5.26 Å². The molecule has 31 heavy (non-hydrogen) atoms. The van der Waals surface area contributed by atoms with Gasteiger partial charge in [0.2, 0.25) is 0 Å². The fourth-order valence-electron chi connectivity index (χ4n) is 2.76. The summed E-state index contributed by atoms with van der Waals surface area (Å²) < 4.78 is 16.2. The Bertz CT molecular complexity index is 1130. The van der Waals surface area contributed by atoms with Crippen molar-refractivity contribution in [2.75, 3.05) is 13.7 Å². The molecule has 0 spiro atoms. The van der Waals surface area contributed by atoms with Gasteiger partial charge in [-0.3, -0.25) is 0 Å². The number of rotatable bonds is 7. The van der Waals surface area contributed by atoms with Crippen molar-refractivity contribution in [2.24, 2.45) is 0 Å². The molecule has 3 rings (SSSR count). The summed E-state index contributed by atoms with van der Waals surface area (Å²) in [6.45, 7) is 1.74. The first-order valence-corrected chi connectivity index (χ1v) is 9.82. The van der Waals surface area contributed by atoms with Crippen molar-refractivity contribution in [2.45, 2.75) is 6.92 Å². The van der Waals surface area contributed by atoms with Crippen LogP contribution >= 0.6 is 11.6 Å². The molecule has 0 aliphatic carbocycles. The van der Waals surface area contributed by atoms with Crippen LogP contribution < -0.4 is 14.2 Å². The van der Waals surface area contributed by atoms with E-state index in [1.165, 1.54) is 7.11 Å². The molecule has 0 atom stereocenters. The third kappa shape index (κ3) is 6.11. The number of carbonyl (C=O) groups is 1. The van der Waals surface area contributed by atoms with E-state index in [0.29, 0.717) is 22.1 Å². The molecular weight excluding hydrogens is 414 g/mol. The molecular formula is C25H20ClNO4. The first kappa shape index (κ1) is 21.9. The topological polar surface area (TPSA) is 68.5 Å². The number of ether oxygens (including phenoxy) is 3. The summed E-state index contributed by atoms with van der Waals surface area (Å²) in [5.74, 6) is 0.662. The number of methoxy groups -OCH3 is 1. The lowest BCUT2D eigenvalue weighted by atomic mass is 10.0. The van der Waals surface area contributed by atoms with Crippen LogP contribution in [-0.4, -0.2) is 19.7 Å². The Morgan fingerprint density at radius 1 is 1.03 bits per heavy atom. The zero-order chi connectivity index (χ0) is 22.2. The quantitative estimate of drug-likeness (QED) is 0.207. The van der Waals surface area contributed by atoms with Crippen molar-refractivity contribution in [3.63, 3.8) is 0 Å². The lowest BCUT2D eigenvalue weighted by Gasteiger charge is -2.11. The molecule has 0 saturated carbocycles. The zero-order valence-electron chi connectivity index (χ0n) is 17.1. The highest BCUT2D eigenvalue weighted by Crippen LogP contribution is 2.30. The molecule has 3 aromatic carbocycles. The van der Waals surface area contributed by atoms with Crippen molar-refractivity contribution in [1.82, 2.24) is 0 Å². The highest BCUT2D eigenvalue weighted by Gasteiger charge is 2.12. The maximum Gasteiger partial charge on any atom is 0.349 e. The van der Waals surface area contributed by atoms with Crippen LogP contribution in [0.15, 0.2) is 66.7 Å². The Labute approximate surface area is 186 Å². The van der Waals surface area contributed by atoms with Gasteiger partial charge in [0, 0.05) is 5.02 Å². The number of allylic oxidation sites excluding steroid dienone is 1. The maximum absolute atomic E-state index is 12.2. The molecule has 0 N–H and O–H groups in total. The third-order valence-corrected chi connectivity index (χ3v) is 4.63. The largest absolute Gasteiger partial charge is 0.493 e.